The van der Waals surface area contributed by atoms with Crippen LogP contribution in [0.3, 0.4) is 0 Å². The predicted octanol–water partition coefficient (Wildman–Crippen LogP) is 3.26. The first-order valence-electron chi connectivity index (χ1n) is 9.51. The average molecular weight is 470 g/mol. The zero-order valence-corrected chi connectivity index (χ0v) is 19.3. The van der Waals surface area contributed by atoms with Gasteiger partial charge in [-0.25, -0.2) is 4.98 Å². The van der Waals surface area contributed by atoms with Crippen LogP contribution in [-0.4, -0.2) is 71.9 Å². The highest BCUT2D eigenvalue weighted by atomic mass is 35.5. The van der Waals surface area contributed by atoms with Crippen molar-refractivity contribution in [1.82, 2.24) is 19.5 Å². The number of carbonyl (C=O) groups is 1. The molecule has 0 radical (unpaired) electrons. The van der Waals surface area contributed by atoms with Gasteiger partial charge in [-0.05, 0) is 37.0 Å². The van der Waals surface area contributed by atoms with Crippen molar-refractivity contribution in [2.45, 2.75) is 13.3 Å². The molecular formula is C19H24ClN5O3S2. The molecule has 1 aliphatic rings. The van der Waals surface area contributed by atoms with Gasteiger partial charge in [0.1, 0.15) is 10.6 Å². The average Bonchev–Trinajstić information content (AvgIpc) is 3.36. The molecule has 0 saturated carbocycles. The van der Waals surface area contributed by atoms with Crippen molar-refractivity contribution >= 4 is 56.5 Å². The number of hydrogen-bond donors (Lipinski definition) is 0. The van der Waals surface area contributed by atoms with Crippen molar-refractivity contribution in [1.29, 1.82) is 0 Å². The van der Waals surface area contributed by atoms with Crippen LogP contribution in [0.1, 0.15) is 21.8 Å². The molecule has 11 heteroatoms. The van der Waals surface area contributed by atoms with E-state index in [0.717, 1.165) is 66.8 Å². The summed E-state index contributed by atoms with van der Waals surface area (Å²) >= 11 is 2.64. The van der Waals surface area contributed by atoms with Crippen LogP contribution < -0.4 is 9.64 Å². The Labute approximate surface area is 189 Å². The van der Waals surface area contributed by atoms with Crippen molar-refractivity contribution in [2.24, 2.45) is 0 Å². The van der Waals surface area contributed by atoms with E-state index in [0.29, 0.717) is 22.2 Å². The molecule has 1 aliphatic heterocycles. The number of rotatable bonds is 7. The highest BCUT2D eigenvalue weighted by molar-refractivity contribution is 7.22. The van der Waals surface area contributed by atoms with E-state index in [4.69, 9.17) is 14.5 Å². The van der Waals surface area contributed by atoms with Crippen LogP contribution in [0.2, 0.25) is 0 Å². The fourth-order valence-electron chi connectivity index (χ4n) is 3.25. The van der Waals surface area contributed by atoms with E-state index in [1.54, 1.807) is 12.0 Å². The number of carbonyl (C=O) groups excluding carboxylic acids is 1. The molecule has 0 bridgehead atoms. The molecule has 1 saturated heterocycles. The van der Waals surface area contributed by atoms with Gasteiger partial charge in [0.05, 0.1) is 36.2 Å². The number of fused-ring (bicyclic) bond motifs is 1. The van der Waals surface area contributed by atoms with Crippen LogP contribution in [0, 0.1) is 6.92 Å². The number of amides is 1. The topological polar surface area (TPSA) is 80.7 Å². The van der Waals surface area contributed by atoms with Gasteiger partial charge in [0.25, 0.3) is 5.91 Å². The summed E-state index contributed by atoms with van der Waals surface area (Å²) in [4.78, 5) is 22.7. The second kappa shape index (κ2) is 10.5. The smallest absolute Gasteiger partial charge is 0.273 e. The molecule has 0 spiro atoms. The fourth-order valence-corrected chi connectivity index (χ4v) is 4.83. The Morgan fingerprint density at radius 3 is 2.83 bits per heavy atom. The van der Waals surface area contributed by atoms with Gasteiger partial charge in [-0.2, -0.15) is 0 Å². The molecule has 1 amide bonds. The van der Waals surface area contributed by atoms with Crippen LogP contribution in [0.5, 0.6) is 5.75 Å². The van der Waals surface area contributed by atoms with Crippen molar-refractivity contribution in [3.63, 3.8) is 0 Å². The summed E-state index contributed by atoms with van der Waals surface area (Å²) in [6.45, 7) is 6.74. The van der Waals surface area contributed by atoms with Gasteiger partial charge >= 0.3 is 0 Å². The van der Waals surface area contributed by atoms with Crippen LogP contribution >= 0.6 is 35.3 Å². The maximum atomic E-state index is 13.3. The van der Waals surface area contributed by atoms with Crippen LogP contribution in [0.25, 0.3) is 10.2 Å². The number of aromatic nitrogens is 3. The molecule has 2 aromatic heterocycles. The Hall–Kier alpha value is -1.85. The molecule has 1 aromatic carbocycles. The van der Waals surface area contributed by atoms with Crippen molar-refractivity contribution < 1.29 is 14.3 Å². The number of nitrogens with zero attached hydrogens (tertiary/aromatic N) is 5. The molecule has 1 fully saturated rings. The monoisotopic (exact) mass is 469 g/mol. The molecule has 8 nitrogen and oxygen atoms in total. The molecule has 0 N–H and O–H groups in total. The number of aryl methyl sites for hydroxylation is 1. The van der Waals surface area contributed by atoms with Gasteiger partial charge in [-0.3, -0.25) is 14.6 Å². The van der Waals surface area contributed by atoms with E-state index >= 15 is 0 Å². The van der Waals surface area contributed by atoms with Gasteiger partial charge in [-0.1, -0.05) is 15.8 Å². The Bertz CT molecular complexity index is 990. The Balaban J connectivity index is 0.00000256. The molecule has 3 aromatic rings. The van der Waals surface area contributed by atoms with E-state index < -0.39 is 0 Å². The van der Waals surface area contributed by atoms with Crippen molar-refractivity contribution in [3.8, 4) is 5.75 Å². The standard InChI is InChI=1S/C19H23N5O3S2.ClH/c1-13-17(29-22-21-13)18(25)24(7-3-6-23-8-10-27-11-9-23)19-20-15-12-14(26-2)4-5-16(15)28-19;/h4-5,12H,3,6-11H2,1-2H3;1H. The zero-order valence-electron chi connectivity index (χ0n) is 16.9. The Morgan fingerprint density at radius 2 is 2.13 bits per heavy atom. The number of benzene rings is 1. The van der Waals surface area contributed by atoms with E-state index in [9.17, 15) is 4.79 Å². The summed E-state index contributed by atoms with van der Waals surface area (Å²) in [6, 6.07) is 5.78. The minimum absolute atomic E-state index is 0. The summed E-state index contributed by atoms with van der Waals surface area (Å²) in [5, 5.41) is 4.69. The number of ether oxygens (including phenoxy) is 2. The van der Waals surface area contributed by atoms with Crippen molar-refractivity contribution in [3.05, 3.63) is 28.8 Å². The first-order chi connectivity index (χ1) is 14.2. The predicted molar refractivity (Wildman–Crippen MR) is 122 cm³/mol. The van der Waals surface area contributed by atoms with Gasteiger partial charge in [0.15, 0.2) is 5.13 Å². The van der Waals surface area contributed by atoms with Gasteiger partial charge in [0, 0.05) is 32.2 Å². The second-order valence-electron chi connectivity index (χ2n) is 6.78. The largest absolute Gasteiger partial charge is 0.497 e. The summed E-state index contributed by atoms with van der Waals surface area (Å²) in [5.41, 5.74) is 1.48. The third-order valence-electron chi connectivity index (χ3n) is 4.87. The number of hydrogen-bond acceptors (Lipinski definition) is 9. The molecule has 162 valence electrons. The van der Waals surface area contributed by atoms with Crippen LogP contribution in [0.15, 0.2) is 18.2 Å². The minimum Gasteiger partial charge on any atom is -0.497 e. The maximum Gasteiger partial charge on any atom is 0.273 e. The number of methoxy groups -OCH3 is 1. The quantitative estimate of drug-likeness (QED) is 0.525. The number of thiazole rings is 1. The Morgan fingerprint density at radius 1 is 1.33 bits per heavy atom. The summed E-state index contributed by atoms with van der Waals surface area (Å²) in [7, 11) is 1.63. The first-order valence-corrected chi connectivity index (χ1v) is 11.1. The van der Waals surface area contributed by atoms with Gasteiger partial charge in [0.2, 0.25) is 0 Å². The number of morpholine rings is 1. The van der Waals surface area contributed by atoms with Crippen molar-refractivity contribution in [2.75, 3.05) is 51.4 Å². The Kier molecular flexibility index (Phi) is 7.95. The molecular weight excluding hydrogens is 446 g/mol. The second-order valence-corrected chi connectivity index (χ2v) is 8.55. The molecule has 0 atom stereocenters. The first kappa shape index (κ1) is 22.8. The third kappa shape index (κ3) is 5.06. The SMILES string of the molecule is COc1ccc2sc(N(CCCN3CCOCC3)C(=O)c3snnc3C)nc2c1.Cl. The lowest BCUT2D eigenvalue weighted by Gasteiger charge is -2.27. The molecule has 3 heterocycles. The molecule has 0 unspecified atom stereocenters. The lowest BCUT2D eigenvalue weighted by molar-refractivity contribution is 0.0376. The van der Waals surface area contributed by atoms with Gasteiger partial charge < -0.3 is 9.47 Å². The van der Waals surface area contributed by atoms with E-state index in [1.807, 2.05) is 25.1 Å². The third-order valence-corrected chi connectivity index (χ3v) is 6.74. The number of halogens is 1. The molecule has 30 heavy (non-hydrogen) atoms. The van der Waals surface area contributed by atoms with Crippen LogP contribution in [0.4, 0.5) is 5.13 Å². The molecule has 4 rings (SSSR count). The summed E-state index contributed by atoms with van der Waals surface area (Å²) < 4.78 is 15.7. The highest BCUT2D eigenvalue weighted by Crippen LogP contribution is 2.32. The lowest BCUT2D eigenvalue weighted by atomic mass is 10.3. The lowest BCUT2D eigenvalue weighted by Crippen LogP contribution is -2.39. The highest BCUT2D eigenvalue weighted by Gasteiger charge is 2.25. The molecule has 0 aliphatic carbocycles. The van der Waals surface area contributed by atoms with E-state index in [-0.39, 0.29) is 18.3 Å². The van der Waals surface area contributed by atoms with E-state index in [2.05, 4.69) is 14.5 Å². The maximum absolute atomic E-state index is 13.3. The minimum atomic E-state index is -0.0921. The summed E-state index contributed by atoms with van der Waals surface area (Å²) in [6.07, 6.45) is 0.857. The zero-order chi connectivity index (χ0) is 20.2. The van der Waals surface area contributed by atoms with Gasteiger partial charge in [-0.15, -0.1) is 17.5 Å². The number of anilines is 1. The normalized spacial score (nSPS) is 14.5. The van der Waals surface area contributed by atoms with E-state index in [1.165, 1.54) is 11.3 Å². The van der Waals surface area contributed by atoms with Crippen LogP contribution in [-0.2, 0) is 4.74 Å². The fraction of sp³-hybridized carbons (Fsp3) is 0.474. The summed E-state index contributed by atoms with van der Waals surface area (Å²) in [5.74, 6) is 0.660.